The van der Waals surface area contributed by atoms with Gasteiger partial charge in [0.15, 0.2) is 6.20 Å². The maximum Gasteiger partial charge on any atom is 0.220 e. The van der Waals surface area contributed by atoms with Crippen molar-refractivity contribution in [2.75, 3.05) is 0 Å². The Morgan fingerprint density at radius 2 is 1.48 bits per heavy atom. The van der Waals surface area contributed by atoms with Gasteiger partial charge in [-0.15, -0.1) is 0 Å². The third-order valence-electron chi connectivity index (χ3n) is 6.16. The van der Waals surface area contributed by atoms with Crippen molar-refractivity contribution in [3.63, 3.8) is 0 Å². The van der Waals surface area contributed by atoms with E-state index in [4.69, 9.17) is 0 Å². The van der Waals surface area contributed by atoms with Crippen LogP contribution in [0.1, 0.15) is 83.6 Å². The lowest BCUT2D eigenvalue weighted by molar-refractivity contribution is -0.659. The molecule has 0 unspecified atom stereocenters. The average molecular weight is 389 g/mol. The third kappa shape index (κ3) is 4.10. The van der Waals surface area contributed by atoms with Gasteiger partial charge >= 0.3 is 0 Å². The first-order chi connectivity index (χ1) is 13.3. The molecule has 0 saturated carbocycles. The number of pyridine rings is 1. The minimum Gasteiger partial charge on any atom is -0.200 e. The van der Waals surface area contributed by atoms with Crippen LogP contribution in [0.4, 0.5) is 0 Å². The van der Waals surface area contributed by atoms with Crippen LogP contribution in [0.15, 0.2) is 42.6 Å². The number of nitrogens with zero attached hydrogens (tertiary/aromatic N) is 1. The quantitative estimate of drug-likeness (QED) is 0.404. The molecule has 0 bridgehead atoms. The molecule has 0 atom stereocenters. The van der Waals surface area contributed by atoms with E-state index < -0.39 is 0 Å². The number of hydrogen-bond donors (Lipinski definition) is 0. The van der Waals surface area contributed by atoms with Gasteiger partial charge in [-0.3, -0.25) is 0 Å². The van der Waals surface area contributed by atoms with E-state index in [0.29, 0.717) is 5.92 Å². The number of benzene rings is 2. The van der Waals surface area contributed by atoms with Crippen molar-refractivity contribution in [2.45, 2.75) is 79.1 Å². The molecule has 3 rings (SSSR count). The topological polar surface area (TPSA) is 3.88 Å². The highest BCUT2D eigenvalue weighted by Gasteiger charge is 2.27. The highest BCUT2D eigenvalue weighted by Crippen LogP contribution is 2.38. The fourth-order valence-corrected chi connectivity index (χ4v) is 4.26. The molecule has 3 aromatic rings. The second-order valence-corrected chi connectivity index (χ2v) is 11.0. The molecule has 29 heavy (non-hydrogen) atoms. The van der Waals surface area contributed by atoms with E-state index >= 15 is 0 Å². The molecule has 154 valence electrons. The summed E-state index contributed by atoms with van der Waals surface area (Å²) in [6.45, 7) is 20.7. The van der Waals surface area contributed by atoms with Crippen LogP contribution in [0.2, 0.25) is 0 Å². The summed E-state index contributed by atoms with van der Waals surface area (Å²) >= 11 is 0. The first-order valence-electron chi connectivity index (χ1n) is 10.9. The van der Waals surface area contributed by atoms with E-state index in [2.05, 4.69) is 117 Å². The summed E-state index contributed by atoms with van der Waals surface area (Å²) < 4.78 is 2.29. The van der Waals surface area contributed by atoms with Crippen LogP contribution in [0.3, 0.4) is 0 Å². The van der Waals surface area contributed by atoms with Crippen molar-refractivity contribution in [2.24, 2.45) is 7.05 Å². The van der Waals surface area contributed by atoms with E-state index in [1.807, 2.05) is 0 Å². The van der Waals surface area contributed by atoms with Gasteiger partial charge in [-0.05, 0) is 63.4 Å². The molecule has 0 aliphatic carbocycles. The van der Waals surface area contributed by atoms with Crippen LogP contribution in [0.5, 0.6) is 0 Å². The number of aromatic nitrogens is 1. The predicted molar refractivity (Wildman–Crippen MR) is 127 cm³/mol. The average Bonchev–Trinajstić information content (AvgIpc) is 2.60. The van der Waals surface area contributed by atoms with E-state index in [9.17, 15) is 0 Å². The van der Waals surface area contributed by atoms with Crippen molar-refractivity contribution in [3.05, 3.63) is 64.8 Å². The van der Waals surface area contributed by atoms with Gasteiger partial charge in [0.1, 0.15) is 7.05 Å². The number of rotatable bonds is 2. The Kier molecular flexibility index (Phi) is 5.41. The summed E-state index contributed by atoms with van der Waals surface area (Å²) in [5.74, 6) is 0.537. The summed E-state index contributed by atoms with van der Waals surface area (Å²) in [4.78, 5) is 0. The van der Waals surface area contributed by atoms with Gasteiger partial charge < -0.3 is 0 Å². The first kappa shape index (κ1) is 21.6. The Morgan fingerprint density at radius 1 is 0.828 bits per heavy atom. The Balaban J connectivity index is 2.41. The van der Waals surface area contributed by atoms with Crippen molar-refractivity contribution >= 4 is 10.8 Å². The molecular formula is C28H38N+. The zero-order valence-electron chi connectivity index (χ0n) is 20.1. The highest BCUT2D eigenvalue weighted by molar-refractivity contribution is 5.94. The lowest BCUT2D eigenvalue weighted by Gasteiger charge is -2.28. The second-order valence-electron chi connectivity index (χ2n) is 11.0. The fraction of sp³-hybridized carbons (Fsp3) is 0.464. The monoisotopic (exact) mass is 388 g/mol. The molecule has 1 heterocycles. The highest BCUT2D eigenvalue weighted by atomic mass is 14.9. The third-order valence-corrected chi connectivity index (χ3v) is 6.16. The Labute approximate surface area is 177 Å². The summed E-state index contributed by atoms with van der Waals surface area (Å²) in [6, 6.07) is 14.1. The van der Waals surface area contributed by atoms with E-state index in [0.717, 1.165) is 0 Å². The van der Waals surface area contributed by atoms with Crippen molar-refractivity contribution in [3.8, 4) is 11.3 Å². The second kappa shape index (κ2) is 7.27. The normalized spacial score (nSPS) is 12.8. The number of aryl methyl sites for hydroxylation is 1. The van der Waals surface area contributed by atoms with Gasteiger partial charge in [0.25, 0.3) is 0 Å². The van der Waals surface area contributed by atoms with Crippen LogP contribution in [0.25, 0.3) is 22.0 Å². The van der Waals surface area contributed by atoms with Gasteiger partial charge in [0.2, 0.25) is 5.69 Å². The Bertz CT molecular complexity index is 1060. The minimum absolute atomic E-state index is 0.105. The Morgan fingerprint density at radius 3 is 2.03 bits per heavy atom. The SMILES string of the molecule is Cc1c(-c2c3ccc(C(C)C)cc3cc[n+]2C)cc(C(C)(C)C)cc1C(C)(C)C. The summed E-state index contributed by atoms with van der Waals surface area (Å²) in [5.41, 5.74) is 8.51. The minimum atomic E-state index is 0.105. The van der Waals surface area contributed by atoms with Crippen LogP contribution in [-0.2, 0) is 17.9 Å². The zero-order valence-corrected chi connectivity index (χ0v) is 20.1. The largest absolute Gasteiger partial charge is 0.220 e. The van der Waals surface area contributed by atoms with Gasteiger partial charge in [-0.25, -0.2) is 4.57 Å². The van der Waals surface area contributed by atoms with Gasteiger partial charge in [0, 0.05) is 6.07 Å². The molecule has 1 heteroatoms. The number of hydrogen-bond acceptors (Lipinski definition) is 0. The molecule has 1 nitrogen and oxygen atoms in total. The molecule has 0 saturated heterocycles. The van der Waals surface area contributed by atoms with Crippen LogP contribution >= 0.6 is 0 Å². The van der Waals surface area contributed by atoms with Crippen molar-refractivity contribution in [1.82, 2.24) is 0 Å². The molecule has 0 fully saturated rings. The van der Waals surface area contributed by atoms with Crippen molar-refractivity contribution < 1.29 is 4.57 Å². The molecular weight excluding hydrogens is 350 g/mol. The van der Waals surface area contributed by atoms with E-state index in [1.165, 1.54) is 44.3 Å². The van der Waals surface area contributed by atoms with Crippen molar-refractivity contribution in [1.29, 1.82) is 0 Å². The first-order valence-corrected chi connectivity index (χ1v) is 10.9. The molecule has 0 radical (unpaired) electrons. The molecule has 0 spiro atoms. The smallest absolute Gasteiger partial charge is 0.200 e. The molecule has 1 aromatic heterocycles. The van der Waals surface area contributed by atoms with Gasteiger partial charge in [-0.2, -0.15) is 0 Å². The van der Waals surface area contributed by atoms with Crippen LogP contribution in [0, 0.1) is 6.92 Å². The standard InChI is InChI=1S/C28H38N/c1-18(2)20-11-12-23-21(15-20)13-14-29(10)26(23)24-16-22(27(4,5)6)17-25(19(24)3)28(7,8)9/h11-18H,1-10H3/q+1. The van der Waals surface area contributed by atoms with Gasteiger partial charge in [0.05, 0.1) is 10.9 Å². The van der Waals surface area contributed by atoms with Crippen LogP contribution < -0.4 is 4.57 Å². The Hall–Kier alpha value is -2.15. The number of fused-ring (bicyclic) bond motifs is 1. The summed E-state index contributed by atoms with van der Waals surface area (Å²) in [6.07, 6.45) is 2.21. The molecule has 0 amide bonds. The fourth-order valence-electron chi connectivity index (χ4n) is 4.26. The lowest BCUT2D eigenvalue weighted by atomic mass is 9.76. The summed E-state index contributed by atoms with van der Waals surface area (Å²) in [7, 11) is 2.17. The van der Waals surface area contributed by atoms with Crippen LogP contribution in [-0.4, -0.2) is 0 Å². The molecule has 0 aliphatic heterocycles. The molecule has 0 N–H and O–H groups in total. The lowest BCUT2D eigenvalue weighted by Crippen LogP contribution is -2.31. The maximum absolute atomic E-state index is 2.43. The molecule has 2 aromatic carbocycles. The van der Waals surface area contributed by atoms with Gasteiger partial charge in [-0.1, -0.05) is 73.6 Å². The predicted octanol–water partition coefficient (Wildman–Crippen LogP) is 7.36. The van der Waals surface area contributed by atoms with E-state index in [-0.39, 0.29) is 10.8 Å². The zero-order chi connectivity index (χ0) is 21.7. The maximum atomic E-state index is 2.43. The molecule has 0 aliphatic rings. The summed E-state index contributed by atoms with van der Waals surface area (Å²) in [5, 5.41) is 2.65. The van der Waals surface area contributed by atoms with E-state index in [1.54, 1.807) is 0 Å².